The lowest BCUT2D eigenvalue weighted by Gasteiger charge is -2.46. The minimum atomic E-state index is 0.204. The van der Waals surface area contributed by atoms with Crippen LogP contribution in [-0.2, 0) is 0 Å². The summed E-state index contributed by atoms with van der Waals surface area (Å²) in [6.45, 7) is 7.33. The van der Waals surface area contributed by atoms with E-state index in [0.717, 1.165) is 11.8 Å². The summed E-state index contributed by atoms with van der Waals surface area (Å²) in [6.07, 6.45) is 4.11. The van der Waals surface area contributed by atoms with Crippen molar-refractivity contribution in [1.82, 2.24) is 0 Å². The van der Waals surface area contributed by atoms with E-state index in [1.807, 2.05) is 0 Å². The predicted molar refractivity (Wildman–Crippen MR) is 49.8 cm³/mol. The molecule has 0 aromatic heterocycles. The second kappa shape index (κ2) is 2.25. The highest BCUT2D eigenvalue weighted by Crippen LogP contribution is 2.65. The number of rotatable bonds is 1. The number of aliphatic hydroxyl groups excluding tert-OH is 1. The Morgan fingerprint density at radius 3 is 2.08 bits per heavy atom. The van der Waals surface area contributed by atoms with Crippen LogP contribution in [0.3, 0.4) is 0 Å². The fraction of sp³-hybridized carbons (Fsp3) is 1.00. The Kier molecular flexibility index (Phi) is 1.61. The van der Waals surface area contributed by atoms with Gasteiger partial charge in [0.1, 0.15) is 0 Å². The van der Waals surface area contributed by atoms with Gasteiger partial charge in [0, 0.05) is 6.61 Å². The molecular weight excluding hydrogens is 148 g/mol. The second-order valence-corrected chi connectivity index (χ2v) is 5.50. The monoisotopic (exact) mass is 168 g/mol. The van der Waals surface area contributed by atoms with Gasteiger partial charge in [0.05, 0.1) is 0 Å². The molecule has 0 heterocycles. The van der Waals surface area contributed by atoms with Crippen LogP contribution in [0.4, 0.5) is 0 Å². The molecule has 0 aromatic carbocycles. The van der Waals surface area contributed by atoms with E-state index in [0.29, 0.717) is 12.0 Å². The van der Waals surface area contributed by atoms with Crippen LogP contribution in [-0.4, -0.2) is 11.7 Å². The van der Waals surface area contributed by atoms with Crippen molar-refractivity contribution in [3.05, 3.63) is 0 Å². The maximum absolute atomic E-state index is 9.48. The molecule has 0 spiro atoms. The lowest BCUT2D eigenvalue weighted by molar-refractivity contribution is -0.0280. The highest BCUT2D eigenvalue weighted by Gasteiger charge is 2.59. The molecule has 0 amide bonds. The molecule has 3 unspecified atom stereocenters. The van der Waals surface area contributed by atoms with E-state index >= 15 is 0 Å². The molecule has 12 heavy (non-hydrogen) atoms. The molecule has 0 radical (unpaired) electrons. The first-order chi connectivity index (χ1) is 5.52. The quantitative estimate of drug-likeness (QED) is 0.637. The number of fused-ring (bicyclic) bond motifs is 2. The summed E-state index contributed by atoms with van der Waals surface area (Å²) in [6, 6.07) is 0. The van der Waals surface area contributed by atoms with Gasteiger partial charge in [0.15, 0.2) is 0 Å². The van der Waals surface area contributed by atoms with Gasteiger partial charge in [-0.05, 0) is 41.9 Å². The zero-order chi connectivity index (χ0) is 8.98. The highest BCUT2D eigenvalue weighted by molar-refractivity contribution is 5.08. The first-order valence-electron chi connectivity index (χ1n) is 5.13. The van der Waals surface area contributed by atoms with Crippen molar-refractivity contribution < 1.29 is 5.11 Å². The summed E-state index contributed by atoms with van der Waals surface area (Å²) >= 11 is 0. The Hall–Kier alpha value is -0.0400. The minimum Gasteiger partial charge on any atom is -0.396 e. The Morgan fingerprint density at radius 2 is 1.75 bits per heavy atom. The van der Waals surface area contributed by atoms with E-state index in [1.54, 1.807) is 0 Å². The van der Waals surface area contributed by atoms with Gasteiger partial charge < -0.3 is 5.11 Å². The molecule has 3 atom stereocenters. The average molecular weight is 168 g/mol. The Labute approximate surface area is 75.2 Å². The fourth-order valence-electron chi connectivity index (χ4n) is 3.54. The van der Waals surface area contributed by atoms with Crippen molar-refractivity contribution in [2.24, 2.45) is 22.7 Å². The van der Waals surface area contributed by atoms with E-state index in [-0.39, 0.29) is 5.41 Å². The van der Waals surface area contributed by atoms with Gasteiger partial charge in [-0.2, -0.15) is 0 Å². The van der Waals surface area contributed by atoms with Crippen molar-refractivity contribution >= 4 is 0 Å². The third-order valence-electron chi connectivity index (χ3n) is 5.15. The zero-order valence-electron chi connectivity index (χ0n) is 8.43. The van der Waals surface area contributed by atoms with Crippen molar-refractivity contribution in [2.45, 2.75) is 40.0 Å². The summed E-state index contributed by atoms with van der Waals surface area (Å²) < 4.78 is 0. The molecule has 1 nitrogen and oxygen atoms in total. The number of aliphatic hydroxyl groups is 1. The maximum atomic E-state index is 9.48. The lowest BCUT2D eigenvalue weighted by Crippen LogP contribution is -2.43. The van der Waals surface area contributed by atoms with Gasteiger partial charge in [0.25, 0.3) is 0 Å². The highest BCUT2D eigenvalue weighted by atomic mass is 16.3. The molecule has 2 fully saturated rings. The molecule has 2 saturated carbocycles. The minimum absolute atomic E-state index is 0.204. The van der Waals surface area contributed by atoms with E-state index in [2.05, 4.69) is 20.8 Å². The first-order valence-corrected chi connectivity index (χ1v) is 5.13. The maximum Gasteiger partial charge on any atom is 0.0492 e. The molecule has 0 aliphatic heterocycles. The van der Waals surface area contributed by atoms with Crippen LogP contribution in [0, 0.1) is 22.7 Å². The summed E-state index contributed by atoms with van der Waals surface area (Å²) in [7, 11) is 0. The molecule has 2 bridgehead atoms. The third kappa shape index (κ3) is 0.736. The summed E-state index contributed by atoms with van der Waals surface area (Å²) in [4.78, 5) is 0. The molecule has 2 aliphatic rings. The molecule has 1 heteroatoms. The van der Waals surface area contributed by atoms with Crippen molar-refractivity contribution in [3.8, 4) is 0 Å². The standard InChI is InChI=1S/C11H20O/c1-10(2)8-4-5-9(6-8)11(10,3)7-12/h8-9,12H,4-7H2,1-3H3. The molecule has 0 aromatic rings. The number of hydrogen-bond donors (Lipinski definition) is 1. The van der Waals surface area contributed by atoms with Crippen LogP contribution in [0.25, 0.3) is 0 Å². The molecule has 0 saturated heterocycles. The largest absolute Gasteiger partial charge is 0.396 e. The average Bonchev–Trinajstić information content (AvgIpc) is 2.55. The van der Waals surface area contributed by atoms with Gasteiger partial charge in [0.2, 0.25) is 0 Å². The van der Waals surface area contributed by atoms with Crippen molar-refractivity contribution in [2.75, 3.05) is 6.61 Å². The van der Waals surface area contributed by atoms with Crippen LogP contribution >= 0.6 is 0 Å². The van der Waals surface area contributed by atoms with Crippen molar-refractivity contribution in [3.63, 3.8) is 0 Å². The zero-order valence-corrected chi connectivity index (χ0v) is 8.43. The molecule has 70 valence electrons. The van der Waals surface area contributed by atoms with Crippen LogP contribution in [0.5, 0.6) is 0 Å². The normalized spacial score (nSPS) is 50.0. The fourth-order valence-corrected chi connectivity index (χ4v) is 3.54. The third-order valence-corrected chi connectivity index (χ3v) is 5.15. The Balaban J connectivity index is 2.34. The summed E-state index contributed by atoms with van der Waals surface area (Å²) in [5.74, 6) is 1.67. The van der Waals surface area contributed by atoms with Crippen LogP contribution < -0.4 is 0 Å². The van der Waals surface area contributed by atoms with Gasteiger partial charge in [-0.25, -0.2) is 0 Å². The molecule has 2 aliphatic carbocycles. The second-order valence-electron chi connectivity index (χ2n) is 5.50. The van der Waals surface area contributed by atoms with Crippen LogP contribution in [0.2, 0.25) is 0 Å². The summed E-state index contributed by atoms with van der Waals surface area (Å²) in [5, 5.41) is 9.48. The molecule has 2 rings (SSSR count). The van der Waals surface area contributed by atoms with Gasteiger partial charge >= 0.3 is 0 Å². The number of hydrogen-bond acceptors (Lipinski definition) is 1. The van der Waals surface area contributed by atoms with E-state index in [4.69, 9.17) is 0 Å². The molecule has 1 N–H and O–H groups in total. The van der Waals surface area contributed by atoms with E-state index < -0.39 is 0 Å². The Morgan fingerprint density at radius 1 is 1.17 bits per heavy atom. The predicted octanol–water partition coefficient (Wildman–Crippen LogP) is 2.44. The van der Waals surface area contributed by atoms with E-state index in [1.165, 1.54) is 19.3 Å². The lowest BCUT2D eigenvalue weighted by atomic mass is 9.59. The van der Waals surface area contributed by atoms with Crippen LogP contribution in [0.15, 0.2) is 0 Å². The Bertz CT molecular complexity index is 197. The van der Waals surface area contributed by atoms with Crippen molar-refractivity contribution in [1.29, 1.82) is 0 Å². The first kappa shape index (κ1) is 8.55. The topological polar surface area (TPSA) is 20.2 Å². The van der Waals surface area contributed by atoms with Gasteiger partial charge in [-0.15, -0.1) is 0 Å². The summed E-state index contributed by atoms with van der Waals surface area (Å²) in [5.41, 5.74) is 0.570. The van der Waals surface area contributed by atoms with E-state index in [9.17, 15) is 5.11 Å². The SMILES string of the molecule is CC1(C)C2CCC(C2)C1(C)CO. The van der Waals surface area contributed by atoms with Crippen LogP contribution in [0.1, 0.15) is 40.0 Å². The van der Waals surface area contributed by atoms with Gasteiger partial charge in [-0.3, -0.25) is 0 Å². The van der Waals surface area contributed by atoms with Gasteiger partial charge in [-0.1, -0.05) is 20.8 Å². The molecular formula is C11H20O. The smallest absolute Gasteiger partial charge is 0.0492 e.